The van der Waals surface area contributed by atoms with Crippen molar-refractivity contribution in [3.63, 3.8) is 0 Å². The molecule has 2 aliphatic rings. The van der Waals surface area contributed by atoms with E-state index in [4.69, 9.17) is 4.74 Å². The molecule has 0 unspecified atom stereocenters. The molecule has 0 bridgehead atoms. The molecule has 5 nitrogen and oxygen atoms in total. The molecule has 8 heteroatoms. The largest absolute Gasteiger partial charge is 0.440 e. The fourth-order valence-electron chi connectivity index (χ4n) is 2.45. The SMILES string of the molecule is O=C1OC2(CCC2)CN1NCc1ccc(C(F)(F)F)cn1. The number of alkyl halides is 3. The molecule has 1 amide bonds. The third-order valence-electron chi connectivity index (χ3n) is 3.84. The van der Waals surface area contributed by atoms with E-state index in [1.807, 2.05) is 0 Å². The van der Waals surface area contributed by atoms with Crippen molar-refractivity contribution in [2.45, 2.75) is 37.6 Å². The minimum atomic E-state index is -4.39. The number of rotatable bonds is 3. The topological polar surface area (TPSA) is 54.5 Å². The first kappa shape index (κ1) is 14.1. The number of pyridine rings is 1. The molecule has 1 aliphatic heterocycles. The normalized spacial score (nSPS) is 20.5. The number of hydrazine groups is 1. The van der Waals surface area contributed by atoms with E-state index in [2.05, 4.69) is 10.4 Å². The maximum atomic E-state index is 12.4. The molecule has 114 valence electrons. The lowest BCUT2D eigenvalue weighted by Gasteiger charge is -2.34. The molecule has 1 saturated carbocycles. The zero-order valence-electron chi connectivity index (χ0n) is 11.1. The summed E-state index contributed by atoms with van der Waals surface area (Å²) in [7, 11) is 0. The lowest BCUT2D eigenvalue weighted by Crippen LogP contribution is -2.44. The Morgan fingerprint density at radius 1 is 1.38 bits per heavy atom. The van der Waals surface area contributed by atoms with Crippen molar-refractivity contribution in [2.24, 2.45) is 0 Å². The first-order chi connectivity index (χ1) is 9.88. The molecule has 0 aromatic carbocycles. The Morgan fingerprint density at radius 3 is 2.62 bits per heavy atom. The van der Waals surface area contributed by atoms with Crippen LogP contribution in [0, 0.1) is 0 Å². The third kappa shape index (κ3) is 2.80. The van der Waals surface area contributed by atoms with Crippen LogP contribution >= 0.6 is 0 Å². The van der Waals surface area contributed by atoms with Crippen LogP contribution in [0.1, 0.15) is 30.5 Å². The van der Waals surface area contributed by atoms with E-state index in [9.17, 15) is 18.0 Å². The number of carbonyl (C=O) groups is 1. The highest BCUT2D eigenvalue weighted by Gasteiger charge is 2.49. The number of hydrogen-bond acceptors (Lipinski definition) is 4. The van der Waals surface area contributed by atoms with Crippen LogP contribution in [0.25, 0.3) is 0 Å². The first-order valence-corrected chi connectivity index (χ1v) is 6.64. The average molecular weight is 301 g/mol. The summed E-state index contributed by atoms with van der Waals surface area (Å²) in [5.41, 5.74) is 2.11. The average Bonchev–Trinajstić information content (AvgIpc) is 2.73. The van der Waals surface area contributed by atoms with Crippen LogP contribution in [0.4, 0.5) is 18.0 Å². The van der Waals surface area contributed by atoms with Gasteiger partial charge in [0.2, 0.25) is 0 Å². The molecule has 1 aromatic heterocycles. The van der Waals surface area contributed by atoms with E-state index < -0.39 is 17.8 Å². The Morgan fingerprint density at radius 2 is 2.14 bits per heavy atom. The molecular formula is C13H14F3N3O2. The molecule has 1 N–H and O–H groups in total. The van der Waals surface area contributed by atoms with E-state index in [1.54, 1.807) is 0 Å². The molecule has 3 rings (SSSR count). The molecule has 1 spiro atoms. The number of ether oxygens (including phenoxy) is 1. The zero-order chi connectivity index (χ0) is 15.1. The van der Waals surface area contributed by atoms with Gasteiger partial charge in [0.05, 0.1) is 24.3 Å². The predicted octanol–water partition coefficient (Wildman–Crippen LogP) is 2.48. The molecule has 2 heterocycles. The minimum Gasteiger partial charge on any atom is -0.440 e. The maximum Gasteiger partial charge on any atom is 0.425 e. The standard InChI is InChI=1S/C13H14F3N3O2/c14-13(15,16)9-2-3-10(17-6-9)7-18-19-8-12(4-1-5-12)21-11(19)20/h2-3,6,18H,1,4-5,7-8H2. The molecule has 21 heavy (non-hydrogen) atoms. The van der Waals surface area contributed by atoms with Crippen LogP contribution in [-0.4, -0.2) is 28.2 Å². The number of nitrogens with zero attached hydrogens (tertiary/aromatic N) is 2. The number of halogens is 3. The summed E-state index contributed by atoms with van der Waals surface area (Å²) in [6.45, 7) is 0.635. The van der Waals surface area contributed by atoms with Crippen molar-refractivity contribution in [1.29, 1.82) is 0 Å². The van der Waals surface area contributed by atoms with Crippen LogP contribution in [0.5, 0.6) is 0 Å². The Balaban J connectivity index is 1.57. The summed E-state index contributed by atoms with van der Waals surface area (Å²) in [6.07, 6.45) is -1.30. The number of nitrogens with one attached hydrogen (secondary N) is 1. The number of hydrogen-bond donors (Lipinski definition) is 1. The fourth-order valence-corrected chi connectivity index (χ4v) is 2.45. The van der Waals surface area contributed by atoms with Gasteiger partial charge in [-0.3, -0.25) is 4.98 Å². The van der Waals surface area contributed by atoms with E-state index in [1.165, 1.54) is 11.1 Å². The fraction of sp³-hybridized carbons (Fsp3) is 0.538. The Hall–Kier alpha value is -1.83. The van der Waals surface area contributed by atoms with Crippen LogP contribution in [0.2, 0.25) is 0 Å². The first-order valence-electron chi connectivity index (χ1n) is 6.64. The van der Waals surface area contributed by atoms with Crippen molar-refractivity contribution in [2.75, 3.05) is 6.54 Å². The van der Waals surface area contributed by atoms with E-state index in [-0.39, 0.29) is 12.1 Å². The van der Waals surface area contributed by atoms with Gasteiger partial charge in [0.15, 0.2) is 0 Å². The Bertz CT molecular complexity index is 541. The number of aromatic nitrogens is 1. The number of amides is 1. The molecule has 2 fully saturated rings. The van der Waals surface area contributed by atoms with Gasteiger partial charge in [-0.2, -0.15) is 13.2 Å². The second-order valence-corrected chi connectivity index (χ2v) is 5.36. The molecule has 1 aliphatic carbocycles. The molecule has 0 radical (unpaired) electrons. The van der Waals surface area contributed by atoms with Crippen molar-refractivity contribution in [3.05, 3.63) is 29.6 Å². The number of carbonyl (C=O) groups excluding carboxylic acids is 1. The van der Waals surface area contributed by atoms with E-state index >= 15 is 0 Å². The van der Waals surface area contributed by atoms with Gasteiger partial charge >= 0.3 is 12.3 Å². The monoisotopic (exact) mass is 301 g/mol. The Kier molecular flexibility index (Phi) is 3.27. The van der Waals surface area contributed by atoms with Crippen molar-refractivity contribution in [3.8, 4) is 0 Å². The van der Waals surface area contributed by atoms with Crippen molar-refractivity contribution in [1.82, 2.24) is 15.4 Å². The minimum absolute atomic E-state index is 0.170. The highest BCUT2D eigenvalue weighted by Crippen LogP contribution is 2.40. The smallest absolute Gasteiger partial charge is 0.425 e. The zero-order valence-corrected chi connectivity index (χ0v) is 11.1. The van der Waals surface area contributed by atoms with Gasteiger partial charge in [-0.1, -0.05) is 0 Å². The van der Waals surface area contributed by atoms with Gasteiger partial charge in [0.25, 0.3) is 0 Å². The van der Waals surface area contributed by atoms with Crippen molar-refractivity contribution >= 4 is 6.09 Å². The quantitative estimate of drug-likeness (QED) is 0.932. The summed E-state index contributed by atoms with van der Waals surface area (Å²) >= 11 is 0. The third-order valence-corrected chi connectivity index (χ3v) is 3.84. The van der Waals surface area contributed by atoms with Gasteiger partial charge < -0.3 is 4.74 Å². The van der Waals surface area contributed by atoms with Gasteiger partial charge in [0, 0.05) is 6.20 Å². The van der Waals surface area contributed by atoms with Gasteiger partial charge in [-0.25, -0.2) is 15.2 Å². The summed E-state index contributed by atoms with van der Waals surface area (Å²) in [6, 6.07) is 2.26. The van der Waals surface area contributed by atoms with Crippen LogP contribution in [0.15, 0.2) is 18.3 Å². The highest BCUT2D eigenvalue weighted by molar-refractivity contribution is 5.70. The van der Waals surface area contributed by atoms with Crippen molar-refractivity contribution < 1.29 is 22.7 Å². The van der Waals surface area contributed by atoms with Crippen LogP contribution in [0.3, 0.4) is 0 Å². The second-order valence-electron chi connectivity index (χ2n) is 5.36. The lowest BCUT2D eigenvalue weighted by molar-refractivity contribution is -0.137. The predicted molar refractivity (Wildman–Crippen MR) is 65.8 cm³/mol. The highest BCUT2D eigenvalue weighted by atomic mass is 19.4. The molecule has 1 aromatic rings. The molecule has 1 saturated heterocycles. The summed E-state index contributed by atoms with van der Waals surface area (Å²) < 4.78 is 42.5. The van der Waals surface area contributed by atoms with Gasteiger partial charge in [0.1, 0.15) is 5.60 Å². The van der Waals surface area contributed by atoms with E-state index in [0.717, 1.165) is 31.5 Å². The summed E-state index contributed by atoms with van der Waals surface area (Å²) in [4.78, 5) is 15.4. The second kappa shape index (κ2) is 4.87. The van der Waals surface area contributed by atoms with Crippen LogP contribution < -0.4 is 5.43 Å². The van der Waals surface area contributed by atoms with Crippen LogP contribution in [-0.2, 0) is 17.5 Å². The van der Waals surface area contributed by atoms with Gasteiger partial charge in [-0.05, 0) is 31.4 Å². The molecule has 0 atom stereocenters. The lowest BCUT2D eigenvalue weighted by atomic mass is 9.80. The summed E-state index contributed by atoms with van der Waals surface area (Å²) in [5.74, 6) is 0. The van der Waals surface area contributed by atoms with E-state index in [0.29, 0.717) is 12.2 Å². The van der Waals surface area contributed by atoms with Gasteiger partial charge in [-0.15, -0.1) is 0 Å². The molecular weight excluding hydrogens is 287 g/mol. The Labute approximate surface area is 119 Å². The summed E-state index contributed by atoms with van der Waals surface area (Å²) in [5, 5.41) is 1.36. The maximum absolute atomic E-state index is 12.4.